The van der Waals surface area contributed by atoms with Crippen LogP contribution in [0.5, 0.6) is 11.5 Å². The van der Waals surface area contributed by atoms with Crippen LogP contribution in [0.4, 0.5) is 5.13 Å². The number of rotatable bonds is 5. The van der Waals surface area contributed by atoms with E-state index in [0.717, 1.165) is 28.1 Å². The van der Waals surface area contributed by atoms with Crippen LogP contribution in [0, 0.1) is 6.92 Å². The second-order valence-electron chi connectivity index (χ2n) is 6.90. The van der Waals surface area contributed by atoms with Crippen LogP contribution in [0.15, 0.2) is 36.4 Å². The molecule has 3 aromatic rings. The van der Waals surface area contributed by atoms with Crippen LogP contribution in [0.25, 0.3) is 10.2 Å². The number of quaternary nitrogens is 1. The molecular formula is C20H22N3O3S+. The lowest BCUT2D eigenvalue weighted by Gasteiger charge is -2.21. The number of hydrogen-bond acceptors (Lipinski definition) is 5. The molecule has 0 fully saturated rings. The summed E-state index contributed by atoms with van der Waals surface area (Å²) in [6.45, 7) is 3.63. The summed E-state index contributed by atoms with van der Waals surface area (Å²) in [4.78, 5) is 21.1. The largest absolute Gasteiger partial charge is 0.454 e. The highest BCUT2D eigenvalue weighted by atomic mass is 32.1. The van der Waals surface area contributed by atoms with Gasteiger partial charge in [0, 0.05) is 17.7 Å². The summed E-state index contributed by atoms with van der Waals surface area (Å²) in [6.07, 6.45) is 0. The van der Waals surface area contributed by atoms with Gasteiger partial charge in [0.1, 0.15) is 0 Å². The topological polar surface area (TPSA) is 56.1 Å². The highest BCUT2D eigenvalue weighted by molar-refractivity contribution is 7.22. The number of anilines is 1. The van der Waals surface area contributed by atoms with Crippen LogP contribution < -0.4 is 19.3 Å². The Morgan fingerprint density at radius 2 is 1.96 bits per heavy atom. The van der Waals surface area contributed by atoms with E-state index < -0.39 is 0 Å². The Bertz CT molecular complexity index is 958. The van der Waals surface area contributed by atoms with Gasteiger partial charge in [-0.1, -0.05) is 29.5 Å². The molecule has 2 aromatic carbocycles. The van der Waals surface area contributed by atoms with Crippen molar-refractivity contribution in [2.45, 2.75) is 6.92 Å². The zero-order chi connectivity index (χ0) is 19.0. The first-order valence-corrected chi connectivity index (χ1v) is 9.71. The molecule has 0 unspecified atom stereocenters. The standard InChI is InChI=1S/C20H21N3O3S/c1-13-6-4-5-7-14(13)19(24)23(9-8-22(2)3)20-21-15-10-16-17(26-12-25-16)11-18(15)27-20/h4-7,10-11H,8-9,12H2,1-3H3/p+1. The van der Waals surface area contributed by atoms with Crippen LogP contribution in [0.3, 0.4) is 0 Å². The molecule has 0 spiro atoms. The Morgan fingerprint density at radius 3 is 2.70 bits per heavy atom. The third-order valence-electron chi connectivity index (χ3n) is 4.56. The SMILES string of the molecule is Cc1ccccc1C(=O)N(CC[NH+](C)C)c1nc2cc3c(cc2s1)OCO3. The highest BCUT2D eigenvalue weighted by Crippen LogP contribution is 2.40. The Kier molecular flexibility index (Phi) is 4.72. The van der Waals surface area contributed by atoms with Crippen LogP contribution in [0.1, 0.15) is 15.9 Å². The molecule has 0 atom stereocenters. The first kappa shape index (κ1) is 17.8. The summed E-state index contributed by atoms with van der Waals surface area (Å²) in [6, 6.07) is 11.5. The zero-order valence-electron chi connectivity index (χ0n) is 15.6. The van der Waals surface area contributed by atoms with Crippen LogP contribution in [-0.2, 0) is 0 Å². The van der Waals surface area contributed by atoms with Crippen molar-refractivity contribution >= 4 is 32.6 Å². The van der Waals surface area contributed by atoms with Crippen molar-refractivity contribution in [3.8, 4) is 11.5 Å². The van der Waals surface area contributed by atoms with Crippen molar-refractivity contribution in [1.29, 1.82) is 0 Å². The average Bonchev–Trinajstić information content (AvgIpc) is 3.25. The van der Waals surface area contributed by atoms with E-state index in [1.54, 1.807) is 4.90 Å². The number of thiazole rings is 1. The Labute approximate surface area is 161 Å². The van der Waals surface area contributed by atoms with Gasteiger partial charge in [-0.25, -0.2) is 4.98 Å². The lowest BCUT2D eigenvalue weighted by Crippen LogP contribution is -3.06. The van der Waals surface area contributed by atoms with E-state index in [9.17, 15) is 4.79 Å². The molecule has 1 aromatic heterocycles. The molecule has 1 aliphatic rings. The maximum absolute atomic E-state index is 13.3. The predicted molar refractivity (Wildman–Crippen MR) is 106 cm³/mol. The van der Waals surface area contributed by atoms with Gasteiger partial charge in [-0.3, -0.25) is 9.69 Å². The van der Waals surface area contributed by atoms with E-state index in [4.69, 9.17) is 14.5 Å². The number of benzene rings is 2. The number of carbonyl (C=O) groups excluding carboxylic acids is 1. The van der Waals surface area contributed by atoms with E-state index in [1.807, 2.05) is 43.3 Å². The molecule has 1 amide bonds. The van der Waals surface area contributed by atoms with Gasteiger partial charge in [-0.15, -0.1) is 0 Å². The minimum absolute atomic E-state index is 0.0200. The van der Waals surface area contributed by atoms with Crippen LogP contribution in [-0.4, -0.2) is 44.9 Å². The van der Waals surface area contributed by atoms with Crippen molar-refractivity contribution in [1.82, 2.24) is 4.98 Å². The molecule has 0 aliphatic carbocycles. The summed E-state index contributed by atoms with van der Waals surface area (Å²) in [5, 5.41) is 0.697. The second-order valence-corrected chi connectivity index (χ2v) is 7.91. The summed E-state index contributed by atoms with van der Waals surface area (Å²) in [5.41, 5.74) is 2.49. The lowest BCUT2D eigenvalue weighted by molar-refractivity contribution is -0.856. The molecule has 6 nitrogen and oxygen atoms in total. The molecule has 1 N–H and O–H groups in total. The summed E-state index contributed by atoms with van der Waals surface area (Å²) in [5.74, 6) is 1.41. The third kappa shape index (κ3) is 3.48. The number of ether oxygens (including phenoxy) is 2. The molecule has 7 heteroatoms. The van der Waals surface area contributed by atoms with Gasteiger partial charge in [0.05, 0.1) is 37.4 Å². The highest BCUT2D eigenvalue weighted by Gasteiger charge is 2.24. The van der Waals surface area contributed by atoms with Gasteiger partial charge in [0.2, 0.25) is 6.79 Å². The fourth-order valence-corrected chi connectivity index (χ4v) is 4.00. The van der Waals surface area contributed by atoms with Gasteiger partial charge >= 0.3 is 0 Å². The number of amides is 1. The molecule has 0 bridgehead atoms. The number of nitrogens with zero attached hydrogens (tertiary/aromatic N) is 2. The molecule has 140 valence electrons. The summed E-state index contributed by atoms with van der Waals surface area (Å²) >= 11 is 1.50. The Morgan fingerprint density at radius 1 is 1.22 bits per heavy atom. The van der Waals surface area contributed by atoms with Crippen molar-refractivity contribution in [2.24, 2.45) is 0 Å². The maximum Gasteiger partial charge on any atom is 0.260 e. The van der Waals surface area contributed by atoms with Gasteiger partial charge in [-0.05, 0) is 18.6 Å². The minimum atomic E-state index is -0.0200. The zero-order valence-corrected chi connectivity index (χ0v) is 16.4. The predicted octanol–water partition coefficient (Wildman–Crippen LogP) is 2.12. The number of carbonyl (C=O) groups is 1. The van der Waals surface area contributed by atoms with Crippen molar-refractivity contribution in [2.75, 3.05) is 38.9 Å². The van der Waals surface area contributed by atoms with Gasteiger partial charge in [-0.2, -0.15) is 0 Å². The van der Waals surface area contributed by atoms with Crippen molar-refractivity contribution in [3.63, 3.8) is 0 Å². The molecule has 1 aliphatic heterocycles. The quantitative estimate of drug-likeness (QED) is 0.732. The number of likely N-dealkylation sites (N-methyl/N-ethyl adjacent to an activating group) is 1. The smallest absolute Gasteiger partial charge is 0.260 e. The first-order chi connectivity index (χ1) is 13.0. The number of aromatic nitrogens is 1. The van der Waals surface area contributed by atoms with Crippen molar-refractivity contribution in [3.05, 3.63) is 47.5 Å². The van der Waals surface area contributed by atoms with Gasteiger partial charge < -0.3 is 14.4 Å². The molecule has 0 saturated heterocycles. The van der Waals surface area contributed by atoms with Gasteiger partial charge in [0.25, 0.3) is 5.91 Å². The Hall–Kier alpha value is -2.64. The molecule has 27 heavy (non-hydrogen) atoms. The van der Waals surface area contributed by atoms with E-state index in [-0.39, 0.29) is 12.7 Å². The fraction of sp³-hybridized carbons (Fsp3) is 0.300. The van der Waals surface area contributed by atoms with Crippen LogP contribution in [0.2, 0.25) is 0 Å². The molecule has 2 heterocycles. The monoisotopic (exact) mass is 384 g/mol. The Balaban J connectivity index is 1.73. The number of nitrogens with one attached hydrogen (secondary N) is 1. The maximum atomic E-state index is 13.3. The average molecular weight is 384 g/mol. The van der Waals surface area contributed by atoms with E-state index in [0.29, 0.717) is 23.0 Å². The first-order valence-electron chi connectivity index (χ1n) is 8.89. The molecule has 0 saturated carbocycles. The van der Waals surface area contributed by atoms with Crippen LogP contribution >= 0.6 is 11.3 Å². The lowest BCUT2D eigenvalue weighted by atomic mass is 10.1. The van der Waals surface area contributed by atoms with E-state index in [2.05, 4.69) is 14.1 Å². The van der Waals surface area contributed by atoms with E-state index in [1.165, 1.54) is 16.2 Å². The second kappa shape index (κ2) is 7.17. The van der Waals surface area contributed by atoms with Gasteiger partial charge in [0.15, 0.2) is 16.6 Å². The number of aryl methyl sites for hydroxylation is 1. The molecular weight excluding hydrogens is 362 g/mol. The third-order valence-corrected chi connectivity index (χ3v) is 5.60. The fourth-order valence-electron chi connectivity index (χ4n) is 3.00. The minimum Gasteiger partial charge on any atom is -0.454 e. The van der Waals surface area contributed by atoms with E-state index >= 15 is 0 Å². The van der Waals surface area contributed by atoms with Crippen molar-refractivity contribution < 1.29 is 19.2 Å². The number of hydrogen-bond donors (Lipinski definition) is 1. The summed E-state index contributed by atoms with van der Waals surface area (Å²) < 4.78 is 11.9. The summed E-state index contributed by atoms with van der Waals surface area (Å²) in [7, 11) is 4.15. The normalized spacial score (nSPS) is 12.7. The number of fused-ring (bicyclic) bond motifs is 2. The molecule has 4 rings (SSSR count). The molecule has 0 radical (unpaired) electrons.